The summed E-state index contributed by atoms with van der Waals surface area (Å²) in [6, 6.07) is 11.8. The Balaban J connectivity index is 2.20. The summed E-state index contributed by atoms with van der Waals surface area (Å²) in [4.78, 5) is 10.6. The molecule has 0 aromatic heterocycles. The van der Waals surface area contributed by atoms with E-state index in [1.54, 1.807) is 24.3 Å². The Labute approximate surface area is 122 Å². The van der Waals surface area contributed by atoms with Crippen LogP contribution in [0.25, 0.3) is 6.08 Å². The summed E-state index contributed by atoms with van der Waals surface area (Å²) in [5.74, 6) is -0.842. The number of hydrogen-bond donors (Lipinski definition) is 1. The van der Waals surface area contributed by atoms with E-state index in [0.717, 1.165) is 11.6 Å². The normalized spacial score (nSPS) is 10.8. The number of carboxylic acids is 1. The van der Waals surface area contributed by atoms with Crippen molar-refractivity contribution in [3.63, 3.8) is 0 Å². The van der Waals surface area contributed by atoms with Gasteiger partial charge in [0, 0.05) is 17.2 Å². The number of ether oxygens (including phenoxy) is 1. The Morgan fingerprint density at radius 3 is 2.76 bits per heavy atom. The molecular formula is C17H15FO3. The van der Waals surface area contributed by atoms with Crippen LogP contribution in [0.1, 0.15) is 16.7 Å². The zero-order valence-corrected chi connectivity index (χ0v) is 11.5. The van der Waals surface area contributed by atoms with E-state index in [-0.39, 0.29) is 12.4 Å². The summed E-state index contributed by atoms with van der Waals surface area (Å²) in [5, 5.41) is 8.70. The first-order valence-electron chi connectivity index (χ1n) is 6.44. The third-order valence-electron chi connectivity index (χ3n) is 2.91. The molecule has 0 bridgehead atoms. The summed E-state index contributed by atoms with van der Waals surface area (Å²) in [5.41, 5.74) is 2.08. The molecule has 2 rings (SSSR count). The average Bonchev–Trinajstić information content (AvgIpc) is 2.45. The van der Waals surface area contributed by atoms with Gasteiger partial charge in [-0.05, 0) is 31.2 Å². The summed E-state index contributed by atoms with van der Waals surface area (Å²) < 4.78 is 19.1. The molecule has 3 nitrogen and oxygen atoms in total. The molecule has 0 aliphatic heterocycles. The van der Waals surface area contributed by atoms with Crippen LogP contribution in [-0.4, -0.2) is 11.1 Å². The molecule has 2 aromatic rings. The van der Waals surface area contributed by atoms with Crippen LogP contribution >= 0.6 is 0 Å². The van der Waals surface area contributed by atoms with Crippen molar-refractivity contribution in [2.24, 2.45) is 0 Å². The molecular weight excluding hydrogens is 271 g/mol. The Morgan fingerprint density at radius 1 is 1.29 bits per heavy atom. The van der Waals surface area contributed by atoms with Gasteiger partial charge in [-0.15, -0.1) is 0 Å². The van der Waals surface area contributed by atoms with E-state index in [2.05, 4.69) is 0 Å². The fourth-order valence-electron chi connectivity index (χ4n) is 1.86. The van der Waals surface area contributed by atoms with Crippen LogP contribution in [0.2, 0.25) is 0 Å². The first-order valence-corrected chi connectivity index (χ1v) is 6.44. The molecule has 1 N–H and O–H groups in total. The van der Waals surface area contributed by atoms with Gasteiger partial charge in [-0.3, -0.25) is 0 Å². The van der Waals surface area contributed by atoms with Crippen molar-refractivity contribution in [3.8, 4) is 5.75 Å². The Bertz CT molecular complexity index is 677. The topological polar surface area (TPSA) is 46.5 Å². The second kappa shape index (κ2) is 6.70. The lowest BCUT2D eigenvalue weighted by molar-refractivity contribution is -0.131. The smallest absolute Gasteiger partial charge is 0.328 e. The number of carbonyl (C=O) groups is 1. The highest BCUT2D eigenvalue weighted by Crippen LogP contribution is 2.23. The molecule has 0 unspecified atom stereocenters. The highest BCUT2D eigenvalue weighted by atomic mass is 19.1. The van der Waals surface area contributed by atoms with E-state index in [9.17, 15) is 9.18 Å². The molecule has 4 heteroatoms. The number of carboxylic acid groups (broad SMARTS) is 1. The Hall–Kier alpha value is -2.62. The second-order valence-electron chi connectivity index (χ2n) is 4.59. The summed E-state index contributed by atoms with van der Waals surface area (Å²) in [6.45, 7) is 1.99. The van der Waals surface area contributed by atoms with Gasteiger partial charge >= 0.3 is 5.97 Å². The maximum atomic E-state index is 13.5. The van der Waals surface area contributed by atoms with Crippen molar-refractivity contribution >= 4 is 12.0 Å². The summed E-state index contributed by atoms with van der Waals surface area (Å²) in [7, 11) is 0. The molecule has 0 atom stereocenters. The number of hydrogen-bond acceptors (Lipinski definition) is 2. The SMILES string of the molecule is Cc1ccc(OCc2ccccc2F)c(C=CC(=O)O)c1. The molecule has 2 aromatic carbocycles. The first-order chi connectivity index (χ1) is 10.1. The predicted molar refractivity (Wildman–Crippen MR) is 78.6 cm³/mol. The number of benzene rings is 2. The molecule has 0 aliphatic carbocycles. The number of aliphatic carboxylic acids is 1. The quantitative estimate of drug-likeness (QED) is 0.850. The van der Waals surface area contributed by atoms with Crippen LogP contribution in [0.4, 0.5) is 4.39 Å². The third-order valence-corrected chi connectivity index (χ3v) is 2.91. The van der Waals surface area contributed by atoms with Gasteiger partial charge < -0.3 is 9.84 Å². The van der Waals surface area contributed by atoms with Gasteiger partial charge in [0.25, 0.3) is 0 Å². The van der Waals surface area contributed by atoms with Gasteiger partial charge in [0.1, 0.15) is 18.2 Å². The van der Waals surface area contributed by atoms with Crippen LogP contribution in [-0.2, 0) is 11.4 Å². The molecule has 0 spiro atoms. The zero-order chi connectivity index (χ0) is 15.2. The molecule has 0 aliphatic rings. The number of rotatable bonds is 5. The molecule has 0 radical (unpaired) electrons. The zero-order valence-electron chi connectivity index (χ0n) is 11.5. The highest BCUT2D eigenvalue weighted by molar-refractivity contribution is 5.85. The van der Waals surface area contributed by atoms with Crippen molar-refractivity contribution in [1.82, 2.24) is 0 Å². The number of halogens is 1. The lowest BCUT2D eigenvalue weighted by Gasteiger charge is -2.10. The maximum Gasteiger partial charge on any atom is 0.328 e. The van der Waals surface area contributed by atoms with Crippen LogP contribution < -0.4 is 4.74 Å². The molecule has 0 heterocycles. The maximum absolute atomic E-state index is 13.5. The van der Waals surface area contributed by atoms with E-state index in [0.29, 0.717) is 16.9 Å². The molecule has 21 heavy (non-hydrogen) atoms. The van der Waals surface area contributed by atoms with E-state index in [4.69, 9.17) is 9.84 Å². The van der Waals surface area contributed by atoms with Crippen molar-refractivity contribution in [1.29, 1.82) is 0 Å². The van der Waals surface area contributed by atoms with Crippen molar-refractivity contribution in [2.45, 2.75) is 13.5 Å². The molecule has 0 amide bonds. The van der Waals surface area contributed by atoms with Crippen molar-refractivity contribution in [2.75, 3.05) is 0 Å². The lowest BCUT2D eigenvalue weighted by atomic mass is 10.1. The number of aryl methyl sites for hydroxylation is 1. The predicted octanol–water partition coefficient (Wildman–Crippen LogP) is 3.81. The van der Waals surface area contributed by atoms with Gasteiger partial charge in [0.2, 0.25) is 0 Å². The van der Waals surface area contributed by atoms with Crippen LogP contribution in [0.3, 0.4) is 0 Å². The third kappa shape index (κ3) is 4.18. The first kappa shape index (κ1) is 14.8. The van der Waals surface area contributed by atoms with Gasteiger partial charge in [0.05, 0.1) is 0 Å². The standard InChI is InChI=1S/C17H15FO3/c1-12-6-8-16(13(10-12)7-9-17(19)20)21-11-14-4-2-3-5-15(14)18/h2-10H,11H2,1H3,(H,19,20). The van der Waals surface area contributed by atoms with Crippen LogP contribution in [0, 0.1) is 12.7 Å². The second-order valence-corrected chi connectivity index (χ2v) is 4.59. The van der Waals surface area contributed by atoms with E-state index in [1.165, 1.54) is 12.1 Å². The van der Waals surface area contributed by atoms with Gasteiger partial charge in [-0.1, -0.05) is 29.8 Å². The molecule has 0 fully saturated rings. The van der Waals surface area contributed by atoms with Crippen LogP contribution in [0.5, 0.6) is 5.75 Å². The summed E-state index contributed by atoms with van der Waals surface area (Å²) >= 11 is 0. The van der Waals surface area contributed by atoms with Crippen molar-refractivity contribution < 1.29 is 19.0 Å². The minimum Gasteiger partial charge on any atom is -0.488 e. The monoisotopic (exact) mass is 286 g/mol. The Kier molecular flexibility index (Phi) is 4.72. The molecule has 108 valence electrons. The minimum absolute atomic E-state index is 0.0870. The van der Waals surface area contributed by atoms with Crippen LogP contribution in [0.15, 0.2) is 48.5 Å². The van der Waals surface area contributed by atoms with E-state index in [1.807, 2.05) is 19.1 Å². The molecule has 0 saturated heterocycles. The fraction of sp³-hybridized carbons (Fsp3) is 0.118. The van der Waals surface area contributed by atoms with Gasteiger partial charge in [0.15, 0.2) is 0 Å². The fourth-order valence-corrected chi connectivity index (χ4v) is 1.86. The van der Waals surface area contributed by atoms with E-state index >= 15 is 0 Å². The Morgan fingerprint density at radius 2 is 2.05 bits per heavy atom. The molecule has 0 saturated carbocycles. The van der Waals surface area contributed by atoms with Gasteiger partial charge in [-0.2, -0.15) is 0 Å². The lowest BCUT2D eigenvalue weighted by Crippen LogP contribution is -2.00. The van der Waals surface area contributed by atoms with Crippen molar-refractivity contribution in [3.05, 3.63) is 71.0 Å². The van der Waals surface area contributed by atoms with E-state index < -0.39 is 5.97 Å². The highest BCUT2D eigenvalue weighted by Gasteiger charge is 2.05. The largest absolute Gasteiger partial charge is 0.488 e. The minimum atomic E-state index is -1.03. The summed E-state index contributed by atoms with van der Waals surface area (Å²) in [6.07, 6.45) is 2.51. The van der Waals surface area contributed by atoms with Gasteiger partial charge in [-0.25, -0.2) is 9.18 Å². The average molecular weight is 286 g/mol.